The molecule has 1 rings (SSSR count). The Morgan fingerprint density at radius 3 is 2.69 bits per heavy atom. The lowest BCUT2D eigenvalue weighted by Crippen LogP contribution is -2.32. The van der Waals surface area contributed by atoms with E-state index in [1.54, 1.807) is 13.2 Å². The SMILES string of the molecule is CCN(CCC(=O)O)C(=O)c1cnn(C)c1. The summed E-state index contributed by atoms with van der Waals surface area (Å²) in [6, 6.07) is 0. The van der Waals surface area contributed by atoms with Gasteiger partial charge in [-0.05, 0) is 6.92 Å². The highest BCUT2D eigenvalue weighted by molar-refractivity contribution is 5.93. The molecule has 0 aliphatic heterocycles. The minimum Gasteiger partial charge on any atom is -0.481 e. The number of carbonyl (C=O) groups excluding carboxylic acids is 1. The second-order valence-electron chi connectivity index (χ2n) is 3.43. The molecule has 0 unspecified atom stereocenters. The highest BCUT2D eigenvalue weighted by Gasteiger charge is 2.16. The molecule has 16 heavy (non-hydrogen) atoms. The summed E-state index contributed by atoms with van der Waals surface area (Å²) >= 11 is 0. The van der Waals surface area contributed by atoms with E-state index in [2.05, 4.69) is 5.10 Å². The molecule has 0 radical (unpaired) electrons. The molecule has 0 saturated carbocycles. The molecule has 0 saturated heterocycles. The number of amides is 1. The number of aromatic nitrogens is 2. The first kappa shape index (κ1) is 12.2. The Labute approximate surface area is 93.5 Å². The largest absolute Gasteiger partial charge is 0.481 e. The van der Waals surface area contributed by atoms with Crippen LogP contribution in [0.25, 0.3) is 0 Å². The molecule has 88 valence electrons. The Kier molecular flexibility index (Phi) is 4.04. The normalized spacial score (nSPS) is 10.1. The first-order valence-electron chi connectivity index (χ1n) is 5.04. The molecular formula is C10H15N3O3. The van der Waals surface area contributed by atoms with Gasteiger partial charge in [-0.15, -0.1) is 0 Å². The van der Waals surface area contributed by atoms with E-state index in [-0.39, 0.29) is 18.9 Å². The topological polar surface area (TPSA) is 75.4 Å². The van der Waals surface area contributed by atoms with Crippen LogP contribution in [0.15, 0.2) is 12.4 Å². The van der Waals surface area contributed by atoms with Crippen molar-refractivity contribution in [1.29, 1.82) is 0 Å². The molecule has 0 spiro atoms. The molecule has 6 nitrogen and oxygen atoms in total. The first-order valence-corrected chi connectivity index (χ1v) is 5.04. The van der Waals surface area contributed by atoms with Crippen LogP contribution in [0, 0.1) is 0 Å². The van der Waals surface area contributed by atoms with Gasteiger partial charge in [-0.1, -0.05) is 0 Å². The molecule has 6 heteroatoms. The molecule has 1 amide bonds. The lowest BCUT2D eigenvalue weighted by atomic mass is 10.3. The van der Waals surface area contributed by atoms with E-state index < -0.39 is 5.97 Å². The highest BCUT2D eigenvalue weighted by Crippen LogP contribution is 2.04. The van der Waals surface area contributed by atoms with E-state index in [4.69, 9.17) is 5.11 Å². The van der Waals surface area contributed by atoms with Crippen molar-refractivity contribution < 1.29 is 14.7 Å². The quantitative estimate of drug-likeness (QED) is 0.784. The lowest BCUT2D eigenvalue weighted by Gasteiger charge is -2.18. The van der Waals surface area contributed by atoms with Crippen molar-refractivity contribution >= 4 is 11.9 Å². The Bertz CT molecular complexity index is 386. The molecule has 1 heterocycles. The third-order valence-electron chi connectivity index (χ3n) is 2.22. The molecule has 1 aromatic rings. The number of rotatable bonds is 5. The maximum absolute atomic E-state index is 11.9. The van der Waals surface area contributed by atoms with Crippen LogP contribution in [0.1, 0.15) is 23.7 Å². The van der Waals surface area contributed by atoms with Gasteiger partial charge in [0.2, 0.25) is 0 Å². The molecule has 1 aromatic heterocycles. The van der Waals surface area contributed by atoms with Crippen molar-refractivity contribution in [3.05, 3.63) is 18.0 Å². The van der Waals surface area contributed by atoms with E-state index in [1.807, 2.05) is 6.92 Å². The van der Waals surface area contributed by atoms with Crippen LogP contribution in [0.2, 0.25) is 0 Å². The summed E-state index contributed by atoms with van der Waals surface area (Å²) in [7, 11) is 1.73. The van der Waals surface area contributed by atoms with Crippen molar-refractivity contribution in [2.75, 3.05) is 13.1 Å². The maximum atomic E-state index is 11.9. The smallest absolute Gasteiger partial charge is 0.305 e. The molecule has 0 aliphatic rings. The molecule has 0 aliphatic carbocycles. The highest BCUT2D eigenvalue weighted by atomic mass is 16.4. The monoisotopic (exact) mass is 225 g/mol. The molecular weight excluding hydrogens is 210 g/mol. The predicted molar refractivity (Wildman–Crippen MR) is 57.0 cm³/mol. The standard InChI is InChI=1S/C10H15N3O3/c1-3-13(5-4-9(14)15)10(16)8-6-11-12(2)7-8/h6-7H,3-5H2,1-2H3,(H,14,15). The van der Waals surface area contributed by atoms with Crippen molar-refractivity contribution in [1.82, 2.24) is 14.7 Å². The number of aliphatic carboxylic acids is 1. The third-order valence-corrected chi connectivity index (χ3v) is 2.22. The minimum absolute atomic E-state index is 0.0418. The molecule has 0 atom stereocenters. The fourth-order valence-corrected chi connectivity index (χ4v) is 1.35. The van der Waals surface area contributed by atoms with Gasteiger partial charge in [-0.2, -0.15) is 5.10 Å². The van der Waals surface area contributed by atoms with Gasteiger partial charge in [0.25, 0.3) is 5.91 Å². The number of carboxylic acid groups (broad SMARTS) is 1. The van der Waals surface area contributed by atoms with Gasteiger partial charge in [-0.3, -0.25) is 14.3 Å². The molecule has 0 fully saturated rings. The van der Waals surface area contributed by atoms with Crippen LogP contribution in [0.5, 0.6) is 0 Å². The van der Waals surface area contributed by atoms with Gasteiger partial charge < -0.3 is 10.0 Å². The zero-order chi connectivity index (χ0) is 12.1. The Morgan fingerprint density at radius 1 is 1.56 bits per heavy atom. The summed E-state index contributed by atoms with van der Waals surface area (Å²) in [6.45, 7) is 2.52. The van der Waals surface area contributed by atoms with Crippen molar-refractivity contribution in [3.8, 4) is 0 Å². The van der Waals surface area contributed by atoms with E-state index in [0.717, 1.165) is 0 Å². The summed E-state index contributed by atoms with van der Waals surface area (Å²) in [5.74, 6) is -1.09. The fourth-order valence-electron chi connectivity index (χ4n) is 1.35. The fraction of sp³-hybridized carbons (Fsp3) is 0.500. The van der Waals surface area contributed by atoms with Gasteiger partial charge in [0.15, 0.2) is 0 Å². The Hall–Kier alpha value is -1.85. The first-order chi connectivity index (χ1) is 7.54. The van der Waals surface area contributed by atoms with Gasteiger partial charge in [0.05, 0.1) is 18.2 Å². The molecule has 1 N–H and O–H groups in total. The van der Waals surface area contributed by atoms with Gasteiger partial charge in [-0.25, -0.2) is 0 Å². The van der Waals surface area contributed by atoms with Crippen LogP contribution >= 0.6 is 0 Å². The summed E-state index contributed by atoms with van der Waals surface area (Å²) in [6.07, 6.45) is 3.05. The number of hydrogen-bond donors (Lipinski definition) is 1. The average molecular weight is 225 g/mol. The minimum atomic E-state index is -0.905. The number of hydrogen-bond acceptors (Lipinski definition) is 3. The van der Waals surface area contributed by atoms with E-state index >= 15 is 0 Å². The Morgan fingerprint density at radius 2 is 2.25 bits per heavy atom. The predicted octanol–water partition coefficient (Wildman–Crippen LogP) is 0.357. The van der Waals surface area contributed by atoms with Crippen molar-refractivity contribution in [2.45, 2.75) is 13.3 Å². The molecule has 0 aromatic carbocycles. The number of carbonyl (C=O) groups is 2. The van der Waals surface area contributed by atoms with Gasteiger partial charge >= 0.3 is 5.97 Å². The van der Waals surface area contributed by atoms with E-state index in [9.17, 15) is 9.59 Å². The maximum Gasteiger partial charge on any atom is 0.305 e. The second-order valence-corrected chi connectivity index (χ2v) is 3.43. The Balaban J connectivity index is 2.66. The summed E-state index contributed by atoms with van der Waals surface area (Å²) < 4.78 is 1.54. The second kappa shape index (κ2) is 5.29. The third kappa shape index (κ3) is 3.08. The number of aryl methyl sites for hydroxylation is 1. The number of nitrogens with zero attached hydrogens (tertiary/aromatic N) is 3. The number of carboxylic acids is 1. The van der Waals surface area contributed by atoms with Crippen molar-refractivity contribution in [3.63, 3.8) is 0 Å². The van der Waals surface area contributed by atoms with Gasteiger partial charge in [0.1, 0.15) is 0 Å². The average Bonchev–Trinajstić information content (AvgIpc) is 2.65. The van der Waals surface area contributed by atoms with Crippen molar-refractivity contribution in [2.24, 2.45) is 7.05 Å². The van der Waals surface area contributed by atoms with Crippen LogP contribution in [0.4, 0.5) is 0 Å². The van der Waals surface area contributed by atoms with E-state index in [1.165, 1.54) is 15.8 Å². The van der Waals surface area contributed by atoms with Crippen LogP contribution in [0.3, 0.4) is 0 Å². The van der Waals surface area contributed by atoms with Crippen LogP contribution < -0.4 is 0 Å². The van der Waals surface area contributed by atoms with Gasteiger partial charge in [0, 0.05) is 26.3 Å². The summed E-state index contributed by atoms with van der Waals surface area (Å²) in [5, 5.41) is 12.5. The van der Waals surface area contributed by atoms with E-state index in [0.29, 0.717) is 12.1 Å². The lowest BCUT2D eigenvalue weighted by molar-refractivity contribution is -0.137. The zero-order valence-electron chi connectivity index (χ0n) is 9.38. The summed E-state index contributed by atoms with van der Waals surface area (Å²) in [5.41, 5.74) is 0.481. The van der Waals surface area contributed by atoms with Crippen LogP contribution in [-0.4, -0.2) is 44.8 Å². The van der Waals surface area contributed by atoms with Crippen LogP contribution in [-0.2, 0) is 11.8 Å². The zero-order valence-corrected chi connectivity index (χ0v) is 9.38. The molecule has 0 bridgehead atoms. The summed E-state index contributed by atoms with van der Waals surface area (Å²) in [4.78, 5) is 23.8.